The fourth-order valence-electron chi connectivity index (χ4n) is 2.34. The van der Waals surface area contributed by atoms with Crippen LogP contribution in [0.15, 0.2) is 48.5 Å². The number of carbonyl (C=O) groups excluding carboxylic acids is 2. The van der Waals surface area contributed by atoms with Crippen LogP contribution >= 0.6 is 0 Å². The van der Waals surface area contributed by atoms with Gasteiger partial charge in [-0.1, -0.05) is 18.2 Å². The van der Waals surface area contributed by atoms with E-state index >= 15 is 0 Å². The molecule has 0 amide bonds. The van der Waals surface area contributed by atoms with E-state index in [0.717, 1.165) is 5.56 Å². The molecular weight excluding hydrogens is 348 g/mol. The van der Waals surface area contributed by atoms with Gasteiger partial charge in [0.15, 0.2) is 23.9 Å². The van der Waals surface area contributed by atoms with Crippen LogP contribution in [-0.2, 0) is 9.53 Å². The summed E-state index contributed by atoms with van der Waals surface area (Å²) < 4.78 is 20.8. The Morgan fingerprint density at radius 3 is 2.41 bits per heavy atom. The molecule has 6 heteroatoms. The van der Waals surface area contributed by atoms with Crippen LogP contribution in [0.2, 0.25) is 0 Å². The Kier molecular flexibility index (Phi) is 7.43. The molecule has 142 valence electrons. The quantitative estimate of drug-likeness (QED) is 0.382. The van der Waals surface area contributed by atoms with E-state index in [4.69, 9.17) is 18.9 Å². The fraction of sp³-hybridized carbons (Fsp3) is 0.238. The Balaban J connectivity index is 1.96. The van der Waals surface area contributed by atoms with Crippen molar-refractivity contribution in [3.63, 3.8) is 0 Å². The first kappa shape index (κ1) is 20.0. The summed E-state index contributed by atoms with van der Waals surface area (Å²) in [5.74, 6) is 0.664. The number of rotatable bonds is 9. The van der Waals surface area contributed by atoms with E-state index in [-0.39, 0.29) is 12.4 Å². The van der Waals surface area contributed by atoms with Crippen LogP contribution < -0.4 is 14.2 Å². The van der Waals surface area contributed by atoms with Crippen molar-refractivity contribution in [1.82, 2.24) is 0 Å². The normalized spacial score (nSPS) is 10.5. The molecule has 0 aromatic heterocycles. The van der Waals surface area contributed by atoms with Crippen molar-refractivity contribution in [2.45, 2.75) is 6.92 Å². The second kappa shape index (κ2) is 10.0. The lowest BCUT2D eigenvalue weighted by Crippen LogP contribution is -2.12. The fourth-order valence-corrected chi connectivity index (χ4v) is 2.34. The smallest absolute Gasteiger partial charge is 0.331 e. The summed E-state index contributed by atoms with van der Waals surface area (Å²) in [5.41, 5.74) is 1.12. The Morgan fingerprint density at radius 2 is 1.70 bits per heavy atom. The van der Waals surface area contributed by atoms with Gasteiger partial charge in [-0.15, -0.1) is 0 Å². The number of esters is 1. The van der Waals surface area contributed by atoms with Crippen molar-refractivity contribution in [2.75, 3.05) is 27.4 Å². The predicted octanol–water partition coefficient (Wildman–Crippen LogP) is 3.54. The van der Waals surface area contributed by atoms with Gasteiger partial charge in [-0.2, -0.15) is 0 Å². The van der Waals surface area contributed by atoms with Crippen LogP contribution in [0.5, 0.6) is 17.2 Å². The van der Waals surface area contributed by atoms with Crippen molar-refractivity contribution in [2.24, 2.45) is 0 Å². The number of carbonyl (C=O) groups is 2. The van der Waals surface area contributed by atoms with E-state index in [1.54, 1.807) is 24.3 Å². The highest BCUT2D eigenvalue weighted by Gasteiger charge is 2.12. The van der Waals surface area contributed by atoms with E-state index < -0.39 is 5.97 Å². The maximum absolute atomic E-state index is 12.2. The van der Waals surface area contributed by atoms with E-state index in [9.17, 15) is 9.59 Å². The SMILES string of the molecule is CCOc1ccccc1/C=C/C(=O)OCC(=O)c1ccc(OC)c(OC)c1. The van der Waals surface area contributed by atoms with Crippen LogP contribution in [0.3, 0.4) is 0 Å². The summed E-state index contributed by atoms with van der Waals surface area (Å²) in [6, 6.07) is 12.1. The molecule has 2 aromatic rings. The molecule has 0 bridgehead atoms. The summed E-state index contributed by atoms with van der Waals surface area (Å²) in [6.45, 7) is 2.04. The number of hydrogen-bond donors (Lipinski definition) is 0. The molecule has 27 heavy (non-hydrogen) atoms. The highest BCUT2D eigenvalue weighted by Crippen LogP contribution is 2.27. The van der Waals surface area contributed by atoms with Crippen LogP contribution in [0.25, 0.3) is 6.08 Å². The Morgan fingerprint density at radius 1 is 0.963 bits per heavy atom. The van der Waals surface area contributed by atoms with Gasteiger partial charge in [0.1, 0.15) is 5.75 Å². The maximum atomic E-state index is 12.2. The molecular formula is C21H22O6. The molecule has 0 fully saturated rings. The third-order valence-electron chi connectivity index (χ3n) is 3.67. The lowest BCUT2D eigenvalue weighted by atomic mass is 10.1. The molecule has 0 aliphatic rings. The molecule has 0 atom stereocenters. The minimum absolute atomic E-state index is 0.340. The highest BCUT2D eigenvalue weighted by molar-refractivity contribution is 5.99. The third kappa shape index (κ3) is 5.60. The van der Waals surface area contributed by atoms with Crippen LogP contribution in [0, 0.1) is 0 Å². The number of ketones is 1. The van der Waals surface area contributed by atoms with Crippen molar-refractivity contribution >= 4 is 17.8 Å². The van der Waals surface area contributed by atoms with E-state index in [2.05, 4.69) is 0 Å². The molecule has 0 saturated carbocycles. The van der Waals surface area contributed by atoms with Crippen molar-refractivity contribution < 1.29 is 28.5 Å². The zero-order valence-corrected chi connectivity index (χ0v) is 15.6. The largest absolute Gasteiger partial charge is 0.493 e. The lowest BCUT2D eigenvalue weighted by Gasteiger charge is -2.09. The van der Waals surface area contributed by atoms with Crippen LogP contribution in [0.1, 0.15) is 22.8 Å². The molecule has 2 rings (SSSR count). The zero-order valence-electron chi connectivity index (χ0n) is 15.6. The second-order valence-corrected chi connectivity index (χ2v) is 5.40. The Hall–Kier alpha value is -3.28. The third-order valence-corrected chi connectivity index (χ3v) is 3.67. The van der Waals surface area contributed by atoms with E-state index in [1.165, 1.54) is 20.3 Å². The molecule has 0 N–H and O–H groups in total. The molecule has 0 aliphatic carbocycles. The van der Waals surface area contributed by atoms with Crippen LogP contribution in [0.4, 0.5) is 0 Å². The Bertz CT molecular complexity index is 825. The summed E-state index contributed by atoms with van der Waals surface area (Å²) in [6.07, 6.45) is 2.86. The molecule has 6 nitrogen and oxygen atoms in total. The topological polar surface area (TPSA) is 71.1 Å². The predicted molar refractivity (Wildman–Crippen MR) is 101 cm³/mol. The van der Waals surface area contributed by atoms with Gasteiger partial charge >= 0.3 is 5.97 Å². The number of benzene rings is 2. The minimum atomic E-state index is -0.616. The van der Waals surface area contributed by atoms with Crippen molar-refractivity contribution in [3.8, 4) is 17.2 Å². The summed E-state index contributed by atoms with van der Waals surface area (Å²) in [7, 11) is 2.99. The monoisotopic (exact) mass is 370 g/mol. The zero-order chi connectivity index (χ0) is 19.6. The number of hydrogen-bond acceptors (Lipinski definition) is 6. The lowest BCUT2D eigenvalue weighted by molar-refractivity contribution is -0.136. The molecule has 0 spiro atoms. The molecule has 2 aromatic carbocycles. The molecule has 0 unspecified atom stereocenters. The van der Waals surface area contributed by atoms with Crippen molar-refractivity contribution in [3.05, 3.63) is 59.7 Å². The van der Waals surface area contributed by atoms with Gasteiger partial charge in [0, 0.05) is 17.2 Å². The standard InChI is InChI=1S/C21H22O6/c1-4-26-18-8-6-5-7-15(18)10-12-21(23)27-14-17(22)16-9-11-19(24-2)20(13-16)25-3/h5-13H,4,14H2,1-3H3/b12-10+. The molecule has 0 saturated heterocycles. The van der Waals surface area contributed by atoms with Gasteiger partial charge in [0.25, 0.3) is 0 Å². The number of methoxy groups -OCH3 is 2. The highest BCUT2D eigenvalue weighted by atomic mass is 16.5. The average molecular weight is 370 g/mol. The first-order valence-corrected chi connectivity index (χ1v) is 8.41. The molecule has 0 heterocycles. The summed E-state index contributed by atoms with van der Waals surface area (Å²) in [4.78, 5) is 24.1. The second-order valence-electron chi connectivity index (χ2n) is 5.40. The van der Waals surface area contributed by atoms with Crippen LogP contribution in [-0.4, -0.2) is 39.2 Å². The van der Waals surface area contributed by atoms with E-state index in [1.807, 2.05) is 31.2 Å². The number of Topliss-reactive ketones (excluding diaryl/α,β-unsaturated/α-hetero) is 1. The number of ether oxygens (including phenoxy) is 4. The maximum Gasteiger partial charge on any atom is 0.331 e. The first-order valence-electron chi connectivity index (χ1n) is 8.41. The van der Waals surface area contributed by atoms with Gasteiger partial charge in [0.05, 0.1) is 20.8 Å². The van der Waals surface area contributed by atoms with Crippen molar-refractivity contribution in [1.29, 1.82) is 0 Å². The minimum Gasteiger partial charge on any atom is -0.493 e. The molecule has 0 aliphatic heterocycles. The number of para-hydroxylation sites is 1. The summed E-state index contributed by atoms with van der Waals surface area (Å²) in [5, 5.41) is 0. The van der Waals surface area contributed by atoms with E-state index in [0.29, 0.717) is 29.4 Å². The van der Waals surface area contributed by atoms with Gasteiger partial charge in [-0.3, -0.25) is 4.79 Å². The first-order chi connectivity index (χ1) is 13.1. The van der Waals surface area contributed by atoms with Gasteiger partial charge < -0.3 is 18.9 Å². The summed E-state index contributed by atoms with van der Waals surface area (Å²) >= 11 is 0. The molecule has 0 radical (unpaired) electrons. The Labute approximate surface area is 158 Å². The van der Waals surface area contributed by atoms with Gasteiger partial charge in [-0.25, -0.2) is 4.79 Å². The van der Waals surface area contributed by atoms with Gasteiger partial charge in [-0.05, 0) is 37.3 Å². The van der Waals surface area contributed by atoms with Gasteiger partial charge in [0.2, 0.25) is 0 Å². The average Bonchev–Trinajstić information content (AvgIpc) is 2.71.